The molecular weight excluding hydrogens is 314 g/mol. The first kappa shape index (κ1) is 16.0. The second kappa shape index (κ2) is 6.80. The van der Waals surface area contributed by atoms with Crippen LogP contribution in [0, 0.1) is 6.92 Å². The van der Waals surface area contributed by atoms with Crippen LogP contribution in [0.1, 0.15) is 49.0 Å². The smallest absolute Gasteiger partial charge is 0.244 e. The van der Waals surface area contributed by atoms with Crippen molar-refractivity contribution in [2.75, 3.05) is 13.1 Å². The summed E-state index contributed by atoms with van der Waals surface area (Å²) < 4.78 is 5.59. The van der Waals surface area contributed by atoms with E-state index >= 15 is 0 Å². The number of nitrogens with zero attached hydrogens (tertiary/aromatic N) is 4. The van der Waals surface area contributed by atoms with Crippen molar-refractivity contribution in [3.8, 4) is 11.4 Å². The zero-order valence-corrected chi connectivity index (χ0v) is 14.6. The number of imidazole rings is 1. The van der Waals surface area contributed by atoms with Gasteiger partial charge >= 0.3 is 0 Å². The Balaban J connectivity index is 1.51. The van der Waals surface area contributed by atoms with Crippen LogP contribution >= 0.6 is 0 Å². The average molecular weight is 337 g/mol. The van der Waals surface area contributed by atoms with Crippen molar-refractivity contribution < 1.29 is 4.52 Å². The van der Waals surface area contributed by atoms with Crippen LogP contribution in [-0.2, 0) is 0 Å². The molecule has 0 amide bonds. The number of hydrogen-bond acceptors (Lipinski definition) is 5. The third-order valence-corrected chi connectivity index (χ3v) is 5.09. The highest BCUT2D eigenvalue weighted by atomic mass is 16.5. The van der Waals surface area contributed by atoms with Gasteiger partial charge in [-0.1, -0.05) is 29.4 Å². The number of H-pyrrole nitrogens is 1. The summed E-state index contributed by atoms with van der Waals surface area (Å²) in [5, 5.41) is 4.20. The molecule has 130 valence electrons. The van der Waals surface area contributed by atoms with Crippen LogP contribution in [0.25, 0.3) is 11.4 Å². The van der Waals surface area contributed by atoms with E-state index in [9.17, 15) is 0 Å². The van der Waals surface area contributed by atoms with Crippen LogP contribution in [0.3, 0.4) is 0 Å². The van der Waals surface area contributed by atoms with Crippen LogP contribution in [0.5, 0.6) is 0 Å². The maximum Gasteiger partial charge on any atom is 0.244 e. The number of benzene rings is 1. The second-order valence-corrected chi connectivity index (χ2v) is 6.76. The lowest BCUT2D eigenvalue weighted by atomic mass is 9.96. The highest BCUT2D eigenvalue weighted by molar-refractivity contribution is 5.58. The molecule has 6 heteroatoms. The van der Waals surface area contributed by atoms with Crippen LogP contribution in [-0.4, -0.2) is 38.1 Å². The van der Waals surface area contributed by atoms with Crippen molar-refractivity contribution in [2.45, 2.75) is 38.6 Å². The molecule has 1 fully saturated rings. The molecule has 0 spiro atoms. The molecule has 3 heterocycles. The highest BCUT2D eigenvalue weighted by Crippen LogP contribution is 2.31. The van der Waals surface area contributed by atoms with Crippen molar-refractivity contribution in [3.63, 3.8) is 0 Å². The van der Waals surface area contributed by atoms with Crippen molar-refractivity contribution in [1.82, 2.24) is 25.0 Å². The Morgan fingerprint density at radius 2 is 2.20 bits per heavy atom. The number of aromatic nitrogens is 4. The molecule has 0 saturated carbocycles. The van der Waals surface area contributed by atoms with Crippen molar-refractivity contribution in [1.29, 1.82) is 0 Å². The van der Waals surface area contributed by atoms with Gasteiger partial charge < -0.3 is 9.51 Å². The standard InChI is InChI=1S/C19H23N5O/c1-13-6-3-4-8-16(13)18-22-19(25-23-18)14(2)24-11-5-7-15(12-24)17-20-9-10-21-17/h3-4,6,8-10,14-15H,5,7,11-12H2,1-2H3,(H,20,21). The predicted octanol–water partition coefficient (Wildman–Crippen LogP) is 3.71. The third kappa shape index (κ3) is 3.22. The van der Waals surface area contributed by atoms with Crippen LogP contribution < -0.4 is 0 Å². The van der Waals surface area contributed by atoms with Gasteiger partial charge in [0, 0.05) is 30.4 Å². The maximum atomic E-state index is 5.59. The van der Waals surface area contributed by atoms with E-state index in [2.05, 4.69) is 44.9 Å². The van der Waals surface area contributed by atoms with Crippen LogP contribution in [0.15, 0.2) is 41.2 Å². The SMILES string of the molecule is Cc1ccccc1-c1noc(C(C)N2CCCC(c3ncc[nH]3)C2)n1. The van der Waals surface area contributed by atoms with Gasteiger partial charge in [-0.25, -0.2) is 4.98 Å². The molecule has 0 aliphatic carbocycles. The van der Waals surface area contributed by atoms with E-state index in [1.807, 2.05) is 30.6 Å². The first-order chi connectivity index (χ1) is 12.2. The molecule has 1 saturated heterocycles. The first-order valence-corrected chi connectivity index (χ1v) is 8.85. The van der Waals surface area contributed by atoms with E-state index in [0.29, 0.717) is 17.6 Å². The average Bonchev–Trinajstić information content (AvgIpc) is 3.34. The minimum atomic E-state index is 0.100. The van der Waals surface area contributed by atoms with Crippen molar-refractivity contribution in [3.05, 3.63) is 53.9 Å². The van der Waals surface area contributed by atoms with Crippen molar-refractivity contribution >= 4 is 0 Å². The predicted molar refractivity (Wildman–Crippen MR) is 95.0 cm³/mol. The number of aryl methyl sites for hydroxylation is 1. The minimum absolute atomic E-state index is 0.100. The van der Waals surface area contributed by atoms with Gasteiger partial charge in [0.05, 0.1) is 6.04 Å². The van der Waals surface area contributed by atoms with E-state index in [1.165, 1.54) is 0 Å². The van der Waals surface area contributed by atoms with E-state index in [-0.39, 0.29) is 6.04 Å². The molecule has 1 aromatic carbocycles. The Hall–Kier alpha value is -2.47. The molecule has 3 aromatic rings. The third-order valence-electron chi connectivity index (χ3n) is 5.09. The van der Waals surface area contributed by atoms with Gasteiger partial charge in [0.15, 0.2) is 0 Å². The van der Waals surface area contributed by atoms with Gasteiger partial charge in [-0.15, -0.1) is 0 Å². The lowest BCUT2D eigenvalue weighted by Crippen LogP contribution is -2.36. The number of likely N-dealkylation sites (tertiary alicyclic amines) is 1. The Morgan fingerprint density at radius 1 is 1.32 bits per heavy atom. The van der Waals surface area contributed by atoms with E-state index in [1.54, 1.807) is 0 Å². The summed E-state index contributed by atoms with van der Waals surface area (Å²) in [4.78, 5) is 14.7. The summed E-state index contributed by atoms with van der Waals surface area (Å²) in [6.07, 6.45) is 6.03. The highest BCUT2D eigenvalue weighted by Gasteiger charge is 2.29. The van der Waals surface area contributed by atoms with Gasteiger partial charge in [0.1, 0.15) is 5.82 Å². The maximum absolute atomic E-state index is 5.59. The number of aromatic amines is 1. The molecule has 0 radical (unpaired) electrons. The van der Waals surface area contributed by atoms with Gasteiger partial charge in [0.25, 0.3) is 0 Å². The second-order valence-electron chi connectivity index (χ2n) is 6.76. The molecule has 1 aliphatic heterocycles. The fraction of sp³-hybridized carbons (Fsp3) is 0.421. The molecule has 2 unspecified atom stereocenters. The summed E-state index contributed by atoms with van der Waals surface area (Å²) in [5.74, 6) is 2.85. The lowest BCUT2D eigenvalue weighted by molar-refractivity contribution is 0.131. The molecular formula is C19H23N5O. The van der Waals surface area contributed by atoms with E-state index in [0.717, 1.165) is 42.9 Å². The number of hydrogen-bond donors (Lipinski definition) is 1. The zero-order chi connectivity index (χ0) is 17.2. The summed E-state index contributed by atoms with van der Waals surface area (Å²) in [6, 6.07) is 8.21. The van der Waals surface area contributed by atoms with Gasteiger partial charge in [-0.3, -0.25) is 4.90 Å². The summed E-state index contributed by atoms with van der Waals surface area (Å²) >= 11 is 0. The van der Waals surface area contributed by atoms with E-state index < -0.39 is 0 Å². The van der Waals surface area contributed by atoms with Gasteiger partial charge in [0.2, 0.25) is 11.7 Å². The molecule has 25 heavy (non-hydrogen) atoms. The van der Waals surface area contributed by atoms with Crippen LogP contribution in [0.4, 0.5) is 0 Å². The van der Waals surface area contributed by atoms with Gasteiger partial charge in [-0.2, -0.15) is 4.98 Å². The Bertz CT molecular complexity index is 826. The summed E-state index contributed by atoms with van der Waals surface area (Å²) in [5.41, 5.74) is 2.18. The fourth-order valence-corrected chi connectivity index (χ4v) is 3.58. The Labute approximate surface area is 147 Å². The number of rotatable bonds is 4. The van der Waals surface area contributed by atoms with Crippen molar-refractivity contribution in [2.24, 2.45) is 0 Å². The Kier molecular flexibility index (Phi) is 4.36. The largest absolute Gasteiger partial charge is 0.348 e. The Morgan fingerprint density at radius 3 is 3.00 bits per heavy atom. The van der Waals surface area contributed by atoms with Crippen LogP contribution in [0.2, 0.25) is 0 Å². The number of nitrogens with one attached hydrogen (secondary N) is 1. The summed E-state index contributed by atoms with van der Waals surface area (Å²) in [6.45, 7) is 6.20. The molecule has 1 N–H and O–H groups in total. The molecule has 2 aromatic heterocycles. The topological polar surface area (TPSA) is 70.8 Å². The molecule has 0 bridgehead atoms. The minimum Gasteiger partial charge on any atom is -0.348 e. The quantitative estimate of drug-likeness (QED) is 0.786. The number of piperidine rings is 1. The molecule has 2 atom stereocenters. The van der Waals surface area contributed by atoms with E-state index in [4.69, 9.17) is 4.52 Å². The molecule has 6 nitrogen and oxygen atoms in total. The monoisotopic (exact) mass is 337 g/mol. The normalized spacial score (nSPS) is 19.8. The lowest BCUT2D eigenvalue weighted by Gasteiger charge is -2.34. The first-order valence-electron chi connectivity index (χ1n) is 8.85. The summed E-state index contributed by atoms with van der Waals surface area (Å²) in [7, 11) is 0. The fourth-order valence-electron chi connectivity index (χ4n) is 3.58. The molecule has 4 rings (SSSR count). The van der Waals surface area contributed by atoms with Gasteiger partial charge in [-0.05, 0) is 38.8 Å². The molecule has 1 aliphatic rings. The zero-order valence-electron chi connectivity index (χ0n) is 14.6.